The van der Waals surface area contributed by atoms with Gasteiger partial charge in [-0.1, -0.05) is 48.5 Å². The number of halogens is 1. The minimum absolute atomic E-state index is 0.101. The maximum atomic E-state index is 13.6. The number of rotatable bonds is 6. The molecule has 0 heterocycles. The molecule has 2 aromatic rings. The summed E-state index contributed by atoms with van der Waals surface area (Å²) in [5, 5.41) is 8.22. The van der Waals surface area contributed by atoms with Gasteiger partial charge in [-0.25, -0.2) is 4.39 Å². The number of hydrogen-bond acceptors (Lipinski definition) is 2. The molecule has 0 fully saturated rings. The van der Waals surface area contributed by atoms with E-state index in [2.05, 4.69) is 0 Å². The summed E-state index contributed by atoms with van der Waals surface area (Å²) in [5.41, 5.74) is 1.07. The van der Waals surface area contributed by atoms with E-state index in [4.69, 9.17) is 0 Å². The fraction of sp³-hybridized carbons (Fsp3) is 0.188. The lowest BCUT2D eigenvalue weighted by atomic mass is 10.1. The van der Waals surface area contributed by atoms with Crippen LogP contribution in [0.1, 0.15) is 11.1 Å². The molecule has 2 aromatic carbocycles. The van der Waals surface area contributed by atoms with E-state index < -0.39 is 27.8 Å². The molecule has 0 aliphatic carbocycles. The SMILES string of the molecule is O=C(O)C(Cc1ccccc1)S(=O)Cc1ccccc1F. The summed E-state index contributed by atoms with van der Waals surface area (Å²) in [6.07, 6.45) is 0.164. The number of aliphatic carboxylic acids is 1. The van der Waals surface area contributed by atoms with Gasteiger partial charge in [-0.05, 0) is 18.1 Å². The van der Waals surface area contributed by atoms with E-state index in [9.17, 15) is 18.5 Å². The van der Waals surface area contributed by atoms with Gasteiger partial charge in [-0.15, -0.1) is 0 Å². The lowest BCUT2D eigenvalue weighted by Gasteiger charge is -2.12. The molecular weight excluding hydrogens is 291 g/mol. The van der Waals surface area contributed by atoms with Crippen LogP contribution in [0.15, 0.2) is 54.6 Å². The van der Waals surface area contributed by atoms with E-state index in [1.165, 1.54) is 12.1 Å². The Morgan fingerprint density at radius 2 is 1.71 bits per heavy atom. The predicted octanol–water partition coefficient (Wildman–Crippen LogP) is 2.77. The zero-order valence-electron chi connectivity index (χ0n) is 11.2. The van der Waals surface area contributed by atoms with Crippen LogP contribution in [0.2, 0.25) is 0 Å². The molecule has 1 N–H and O–H groups in total. The molecule has 0 aliphatic heterocycles. The van der Waals surface area contributed by atoms with Crippen molar-refractivity contribution in [3.63, 3.8) is 0 Å². The van der Waals surface area contributed by atoms with Crippen molar-refractivity contribution >= 4 is 16.8 Å². The second-order valence-corrected chi connectivity index (χ2v) is 6.25. The molecule has 21 heavy (non-hydrogen) atoms. The maximum Gasteiger partial charge on any atom is 0.319 e. The molecule has 5 heteroatoms. The van der Waals surface area contributed by atoms with Crippen LogP contribution < -0.4 is 0 Å². The highest BCUT2D eigenvalue weighted by Gasteiger charge is 2.25. The first-order valence-electron chi connectivity index (χ1n) is 6.45. The normalized spacial score (nSPS) is 13.6. The van der Waals surface area contributed by atoms with Gasteiger partial charge in [-0.3, -0.25) is 9.00 Å². The van der Waals surface area contributed by atoms with Gasteiger partial charge in [0.25, 0.3) is 0 Å². The van der Waals surface area contributed by atoms with E-state index in [0.717, 1.165) is 5.56 Å². The molecule has 3 nitrogen and oxygen atoms in total. The number of carbonyl (C=O) groups is 1. The Morgan fingerprint density at radius 1 is 1.10 bits per heavy atom. The summed E-state index contributed by atoms with van der Waals surface area (Å²) >= 11 is 0. The summed E-state index contributed by atoms with van der Waals surface area (Å²) < 4.78 is 25.8. The zero-order chi connectivity index (χ0) is 15.2. The minimum Gasteiger partial charge on any atom is -0.480 e. The molecule has 0 bridgehead atoms. The van der Waals surface area contributed by atoms with Crippen LogP contribution in [0.25, 0.3) is 0 Å². The van der Waals surface area contributed by atoms with Gasteiger partial charge in [0, 0.05) is 16.4 Å². The summed E-state index contributed by atoms with van der Waals surface area (Å²) in [7, 11) is -1.69. The second-order valence-electron chi connectivity index (χ2n) is 4.63. The van der Waals surface area contributed by atoms with E-state index in [-0.39, 0.29) is 17.7 Å². The zero-order valence-corrected chi connectivity index (χ0v) is 12.1. The van der Waals surface area contributed by atoms with E-state index in [0.29, 0.717) is 0 Å². The molecule has 2 rings (SSSR count). The van der Waals surface area contributed by atoms with Crippen molar-refractivity contribution in [3.8, 4) is 0 Å². The summed E-state index contributed by atoms with van der Waals surface area (Å²) in [6, 6.07) is 15.0. The number of carboxylic acid groups (broad SMARTS) is 1. The Bertz CT molecular complexity index is 643. The van der Waals surface area contributed by atoms with Crippen LogP contribution in [0.4, 0.5) is 4.39 Å². The monoisotopic (exact) mass is 306 g/mol. The molecule has 0 aromatic heterocycles. The van der Waals surface area contributed by atoms with E-state index in [1.807, 2.05) is 6.07 Å². The molecule has 110 valence electrons. The van der Waals surface area contributed by atoms with Gasteiger partial charge in [0.1, 0.15) is 11.1 Å². The van der Waals surface area contributed by atoms with Crippen LogP contribution in [0.3, 0.4) is 0 Å². The quantitative estimate of drug-likeness (QED) is 0.893. The summed E-state index contributed by atoms with van der Waals surface area (Å²) in [4.78, 5) is 11.3. The predicted molar refractivity (Wildman–Crippen MR) is 79.8 cm³/mol. The van der Waals surface area contributed by atoms with Crippen molar-refractivity contribution in [2.24, 2.45) is 0 Å². The van der Waals surface area contributed by atoms with Gasteiger partial charge in [0.15, 0.2) is 0 Å². The smallest absolute Gasteiger partial charge is 0.319 e. The molecule has 0 saturated heterocycles. The highest BCUT2D eigenvalue weighted by atomic mass is 32.2. The van der Waals surface area contributed by atoms with Crippen LogP contribution >= 0.6 is 0 Å². The molecule has 2 unspecified atom stereocenters. The van der Waals surface area contributed by atoms with Crippen LogP contribution in [-0.4, -0.2) is 20.5 Å². The first-order valence-corrected chi connectivity index (χ1v) is 7.83. The average Bonchev–Trinajstić information content (AvgIpc) is 2.48. The minimum atomic E-state index is -1.69. The maximum absolute atomic E-state index is 13.6. The van der Waals surface area contributed by atoms with Crippen molar-refractivity contribution < 1.29 is 18.5 Å². The summed E-state index contributed by atoms with van der Waals surface area (Å²) in [5.74, 6) is -1.69. The van der Waals surface area contributed by atoms with Crippen molar-refractivity contribution in [3.05, 3.63) is 71.5 Å². The second kappa shape index (κ2) is 7.13. The van der Waals surface area contributed by atoms with Crippen molar-refractivity contribution in [2.75, 3.05) is 0 Å². The third kappa shape index (κ3) is 4.23. The van der Waals surface area contributed by atoms with Gasteiger partial charge in [0.05, 0.1) is 5.75 Å². The van der Waals surface area contributed by atoms with Crippen LogP contribution in [0.5, 0.6) is 0 Å². The number of carboxylic acids is 1. The number of hydrogen-bond donors (Lipinski definition) is 1. The fourth-order valence-electron chi connectivity index (χ4n) is 1.99. The Labute approximate surface area is 124 Å². The lowest BCUT2D eigenvalue weighted by Crippen LogP contribution is -2.29. The molecule has 0 aliphatic rings. The van der Waals surface area contributed by atoms with Gasteiger partial charge < -0.3 is 5.11 Å². The lowest BCUT2D eigenvalue weighted by molar-refractivity contribution is -0.136. The van der Waals surface area contributed by atoms with Crippen molar-refractivity contribution in [1.82, 2.24) is 0 Å². The standard InChI is InChI=1S/C16H15FO3S/c17-14-9-5-4-8-13(14)11-21(20)15(16(18)19)10-12-6-2-1-3-7-12/h1-9,15H,10-11H2,(H,18,19). The van der Waals surface area contributed by atoms with Crippen molar-refractivity contribution in [1.29, 1.82) is 0 Å². The van der Waals surface area contributed by atoms with Crippen LogP contribution in [-0.2, 0) is 27.8 Å². The molecule has 2 atom stereocenters. The Kier molecular flexibility index (Phi) is 5.22. The van der Waals surface area contributed by atoms with E-state index in [1.54, 1.807) is 36.4 Å². The first kappa shape index (κ1) is 15.4. The highest BCUT2D eigenvalue weighted by Crippen LogP contribution is 2.15. The van der Waals surface area contributed by atoms with E-state index >= 15 is 0 Å². The highest BCUT2D eigenvalue weighted by molar-refractivity contribution is 7.85. The first-order chi connectivity index (χ1) is 10.1. The Balaban J connectivity index is 2.13. The third-order valence-electron chi connectivity index (χ3n) is 3.11. The van der Waals surface area contributed by atoms with Gasteiger partial charge in [-0.2, -0.15) is 0 Å². The molecule has 0 radical (unpaired) electrons. The van der Waals surface area contributed by atoms with Crippen molar-refractivity contribution in [2.45, 2.75) is 17.4 Å². The third-order valence-corrected chi connectivity index (χ3v) is 4.71. The largest absolute Gasteiger partial charge is 0.480 e. The molecule has 0 saturated carbocycles. The topological polar surface area (TPSA) is 54.4 Å². The molecule has 0 amide bonds. The number of benzene rings is 2. The van der Waals surface area contributed by atoms with Crippen LogP contribution in [0, 0.1) is 5.82 Å². The van der Waals surface area contributed by atoms with Gasteiger partial charge in [0.2, 0.25) is 0 Å². The van der Waals surface area contributed by atoms with Gasteiger partial charge >= 0.3 is 5.97 Å². The molecule has 0 spiro atoms. The molecular formula is C16H15FO3S. The Hall–Kier alpha value is -2.01. The summed E-state index contributed by atoms with van der Waals surface area (Å²) in [6.45, 7) is 0. The fourth-order valence-corrected chi connectivity index (χ4v) is 3.34. The Morgan fingerprint density at radius 3 is 2.33 bits per heavy atom. The average molecular weight is 306 g/mol.